The summed E-state index contributed by atoms with van der Waals surface area (Å²) in [5.41, 5.74) is 0.502. The van der Waals surface area contributed by atoms with E-state index in [-0.39, 0.29) is 0 Å². The molecular weight excluding hydrogens is 266 g/mol. The molecule has 5 nitrogen and oxygen atoms in total. The molecule has 5 heteroatoms. The van der Waals surface area contributed by atoms with Gasteiger partial charge in [-0.25, -0.2) is 4.98 Å². The summed E-state index contributed by atoms with van der Waals surface area (Å²) in [7, 11) is 2.00. The first-order valence-electron chi connectivity index (χ1n) is 7.80. The molecule has 2 N–H and O–H groups in total. The monoisotopic (exact) mass is 293 g/mol. The SMILES string of the molecule is CCCNCc1cccnc1N(C)CC1(O)CCOCC1. The molecule has 0 bridgehead atoms. The Morgan fingerprint density at radius 1 is 1.43 bits per heavy atom. The van der Waals surface area contributed by atoms with E-state index in [4.69, 9.17) is 4.74 Å². The number of aliphatic hydroxyl groups is 1. The molecule has 0 saturated carbocycles. The number of hydrogen-bond donors (Lipinski definition) is 2. The van der Waals surface area contributed by atoms with E-state index in [9.17, 15) is 5.11 Å². The highest BCUT2D eigenvalue weighted by Crippen LogP contribution is 2.24. The van der Waals surface area contributed by atoms with Crippen molar-refractivity contribution >= 4 is 5.82 Å². The zero-order valence-electron chi connectivity index (χ0n) is 13.1. The second kappa shape index (κ2) is 7.73. The van der Waals surface area contributed by atoms with Crippen LogP contribution in [-0.4, -0.2) is 49.0 Å². The highest BCUT2D eigenvalue weighted by molar-refractivity contribution is 5.46. The van der Waals surface area contributed by atoms with E-state index < -0.39 is 5.60 Å². The largest absolute Gasteiger partial charge is 0.388 e. The number of pyridine rings is 1. The van der Waals surface area contributed by atoms with E-state index in [2.05, 4.69) is 28.2 Å². The summed E-state index contributed by atoms with van der Waals surface area (Å²) in [4.78, 5) is 6.56. The lowest BCUT2D eigenvalue weighted by molar-refractivity contribution is -0.0573. The van der Waals surface area contributed by atoms with Gasteiger partial charge in [-0.3, -0.25) is 0 Å². The Bertz CT molecular complexity index is 433. The summed E-state index contributed by atoms with van der Waals surface area (Å²) >= 11 is 0. The number of likely N-dealkylation sites (N-methyl/N-ethyl adjacent to an activating group) is 1. The molecule has 1 fully saturated rings. The van der Waals surface area contributed by atoms with Gasteiger partial charge >= 0.3 is 0 Å². The van der Waals surface area contributed by atoms with E-state index in [0.29, 0.717) is 32.6 Å². The van der Waals surface area contributed by atoms with Gasteiger partial charge in [0.15, 0.2) is 0 Å². The van der Waals surface area contributed by atoms with Crippen molar-refractivity contribution in [3.63, 3.8) is 0 Å². The molecule has 0 unspecified atom stereocenters. The minimum atomic E-state index is -0.668. The van der Waals surface area contributed by atoms with Crippen LogP contribution in [0.2, 0.25) is 0 Å². The molecule has 0 amide bonds. The molecule has 0 aromatic carbocycles. The average Bonchev–Trinajstić information content (AvgIpc) is 2.48. The lowest BCUT2D eigenvalue weighted by Crippen LogP contribution is -2.46. The predicted molar refractivity (Wildman–Crippen MR) is 84.5 cm³/mol. The van der Waals surface area contributed by atoms with Gasteiger partial charge < -0.3 is 20.1 Å². The van der Waals surface area contributed by atoms with Gasteiger partial charge in [-0.05, 0) is 19.0 Å². The molecule has 0 spiro atoms. The van der Waals surface area contributed by atoms with Gasteiger partial charge in [0, 0.05) is 58.0 Å². The lowest BCUT2D eigenvalue weighted by Gasteiger charge is -2.36. The first kappa shape index (κ1) is 16.2. The van der Waals surface area contributed by atoms with Crippen LogP contribution in [0.1, 0.15) is 31.7 Å². The summed E-state index contributed by atoms with van der Waals surface area (Å²) in [5, 5.41) is 14.1. The minimum Gasteiger partial charge on any atom is -0.388 e. The third-order valence-electron chi connectivity index (χ3n) is 3.93. The maximum absolute atomic E-state index is 10.6. The first-order valence-corrected chi connectivity index (χ1v) is 7.80. The third-order valence-corrected chi connectivity index (χ3v) is 3.93. The zero-order valence-corrected chi connectivity index (χ0v) is 13.1. The Hall–Kier alpha value is -1.17. The number of rotatable bonds is 7. The van der Waals surface area contributed by atoms with E-state index in [1.165, 1.54) is 5.56 Å². The van der Waals surface area contributed by atoms with Crippen molar-refractivity contribution in [3.8, 4) is 0 Å². The average molecular weight is 293 g/mol. The van der Waals surface area contributed by atoms with Crippen molar-refractivity contribution in [1.82, 2.24) is 10.3 Å². The summed E-state index contributed by atoms with van der Waals surface area (Å²) in [5.74, 6) is 0.945. The van der Waals surface area contributed by atoms with Crippen molar-refractivity contribution in [1.29, 1.82) is 0 Å². The Morgan fingerprint density at radius 2 is 2.19 bits per heavy atom. The zero-order chi connectivity index (χ0) is 15.1. The van der Waals surface area contributed by atoms with Crippen molar-refractivity contribution in [2.45, 2.75) is 38.3 Å². The molecule has 1 aliphatic heterocycles. The summed E-state index contributed by atoms with van der Waals surface area (Å²) in [6, 6.07) is 4.05. The number of nitrogens with one attached hydrogen (secondary N) is 1. The second-order valence-corrected chi connectivity index (χ2v) is 5.86. The van der Waals surface area contributed by atoms with Crippen molar-refractivity contribution in [2.24, 2.45) is 0 Å². The van der Waals surface area contributed by atoms with E-state index in [1.807, 2.05) is 19.3 Å². The molecule has 0 atom stereocenters. The Balaban J connectivity index is 2.02. The topological polar surface area (TPSA) is 57.6 Å². The maximum atomic E-state index is 10.6. The van der Waals surface area contributed by atoms with Crippen LogP contribution in [0.5, 0.6) is 0 Å². The fourth-order valence-corrected chi connectivity index (χ4v) is 2.74. The van der Waals surface area contributed by atoms with Crippen molar-refractivity contribution in [2.75, 3.05) is 38.3 Å². The van der Waals surface area contributed by atoms with Gasteiger partial charge in [0.2, 0.25) is 0 Å². The van der Waals surface area contributed by atoms with Gasteiger partial charge in [0.05, 0.1) is 5.60 Å². The fraction of sp³-hybridized carbons (Fsp3) is 0.688. The van der Waals surface area contributed by atoms with Crippen LogP contribution in [0.3, 0.4) is 0 Å². The Kier molecular flexibility index (Phi) is 5.96. The number of anilines is 1. The molecule has 21 heavy (non-hydrogen) atoms. The Morgan fingerprint density at radius 3 is 2.90 bits per heavy atom. The van der Waals surface area contributed by atoms with Crippen LogP contribution in [0, 0.1) is 0 Å². The number of ether oxygens (including phenoxy) is 1. The van der Waals surface area contributed by atoms with Gasteiger partial charge in [0.25, 0.3) is 0 Å². The maximum Gasteiger partial charge on any atom is 0.132 e. The van der Waals surface area contributed by atoms with Crippen molar-refractivity contribution in [3.05, 3.63) is 23.9 Å². The molecule has 0 radical (unpaired) electrons. The molecule has 2 heterocycles. The normalized spacial score (nSPS) is 17.7. The van der Waals surface area contributed by atoms with E-state index >= 15 is 0 Å². The molecule has 1 saturated heterocycles. The molecule has 118 valence electrons. The van der Waals surface area contributed by atoms with Gasteiger partial charge in [-0.15, -0.1) is 0 Å². The third kappa shape index (κ3) is 4.66. The minimum absolute atomic E-state index is 0.591. The highest BCUT2D eigenvalue weighted by atomic mass is 16.5. The van der Waals surface area contributed by atoms with Crippen molar-refractivity contribution < 1.29 is 9.84 Å². The van der Waals surface area contributed by atoms with Crippen LogP contribution in [0.25, 0.3) is 0 Å². The highest BCUT2D eigenvalue weighted by Gasteiger charge is 2.31. The predicted octanol–water partition coefficient (Wildman–Crippen LogP) is 1.56. The van der Waals surface area contributed by atoms with Crippen LogP contribution in [-0.2, 0) is 11.3 Å². The lowest BCUT2D eigenvalue weighted by atomic mass is 9.94. The summed E-state index contributed by atoms with van der Waals surface area (Å²) in [6.07, 6.45) is 4.30. The van der Waals surface area contributed by atoms with Crippen LogP contribution >= 0.6 is 0 Å². The van der Waals surface area contributed by atoms with Crippen LogP contribution in [0.15, 0.2) is 18.3 Å². The molecule has 1 aromatic heterocycles. The van der Waals surface area contributed by atoms with E-state index in [1.54, 1.807) is 0 Å². The second-order valence-electron chi connectivity index (χ2n) is 5.86. The molecular formula is C16H27N3O2. The van der Waals surface area contributed by atoms with Gasteiger partial charge in [0.1, 0.15) is 5.82 Å². The number of aromatic nitrogens is 1. The Labute approximate surface area is 127 Å². The van der Waals surface area contributed by atoms with Gasteiger partial charge in [-0.2, -0.15) is 0 Å². The smallest absolute Gasteiger partial charge is 0.132 e. The molecule has 1 aliphatic rings. The summed E-state index contributed by atoms with van der Waals surface area (Å²) < 4.78 is 5.34. The fourth-order valence-electron chi connectivity index (χ4n) is 2.74. The van der Waals surface area contributed by atoms with Crippen LogP contribution in [0.4, 0.5) is 5.82 Å². The molecule has 2 rings (SSSR count). The number of hydrogen-bond acceptors (Lipinski definition) is 5. The standard InChI is InChI=1S/C16H27N3O2/c1-3-8-17-12-14-5-4-9-18-15(14)19(2)13-16(20)6-10-21-11-7-16/h4-5,9,17,20H,3,6-8,10-13H2,1-2H3. The quantitative estimate of drug-likeness (QED) is 0.747. The molecule has 0 aliphatic carbocycles. The summed E-state index contributed by atoms with van der Waals surface area (Å²) in [6.45, 7) is 5.83. The van der Waals surface area contributed by atoms with Gasteiger partial charge in [-0.1, -0.05) is 13.0 Å². The van der Waals surface area contributed by atoms with E-state index in [0.717, 1.165) is 25.3 Å². The first-order chi connectivity index (χ1) is 10.1. The molecule has 1 aromatic rings. The number of nitrogens with zero attached hydrogens (tertiary/aromatic N) is 2. The van der Waals surface area contributed by atoms with Crippen LogP contribution < -0.4 is 10.2 Å².